The smallest absolute Gasteiger partial charge is 0.343 e. The van der Waals surface area contributed by atoms with Gasteiger partial charge in [-0.1, -0.05) is 11.2 Å². The number of thiophene rings is 1. The van der Waals surface area contributed by atoms with Gasteiger partial charge in [0.05, 0.1) is 11.5 Å². The summed E-state index contributed by atoms with van der Waals surface area (Å²) in [7, 11) is 0. The van der Waals surface area contributed by atoms with Crippen molar-refractivity contribution in [2.45, 2.75) is 6.92 Å². The van der Waals surface area contributed by atoms with Crippen LogP contribution in [0.1, 0.15) is 17.3 Å². The van der Waals surface area contributed by atoms with Gasteiger partial charge in [0.1, 0.15) is 17.5 Å². The first-order valence-electron chi connectivity index (χ1n) is 4.48. The van der Waals surface area contributed by atoms with Gasteiger partial charge < -0.3 is 9.26 Å². The Morgan fingerprint density at radius 3 is 3.20 bits per heavy atom. The van der Waals surface area contributed by atoms with Crippen molar-refractivity contribution in [2.24, 2.45) is 0 Å². The summed E-state index contributed by atoms with van der Waals surface area (Å²) in [5.41, 5.74) is 0.919. The van der Waals surface area contributed by atoms with Crippen LogP contribution in [-0.2, 0) is 4.74 Å². The number of hydrogen-bond donors (Lipinski definition) is 0. The number of nitrogens with zero attached hydrogens (tertiary/aromatic N) is 1. The predicted molar refractivity (Wildman–Crippen MR) is 55.8 cm³/mol. The van der Waals surface area contributed by atoms with Gasteiger partial charge in [0.2, 0.25) is 0 Å². The molecule has 4 nitrogen and oxygen atoms in total. The van der Waals surface area contributed by atoms with Crippen molar-refractivity contribution in [2.75, 3.05) is 6.61 Å². The highest BCUT2D eigenvalue weighted by Crippen LogP contribution is 2.26. The SMILES string of the molecule is CCOC(=O)c1conc1-c1cccs1. The van der Waals surface area contributed by atoms with E-state index in [1.807, 2.05) is 17.5 Å². The minimum Gasteiger partial charge on any atom is -0.462 e. The number of carbonyl (C=O) groups excluding carboxylic acids is 1. The zero-order chi connectivity index (χ0) is 10.7. The molecule has 2 heterocycles. The van der Waals surface area contributed by atoms with E-state index in [2.05, 4.69) is 5.16 Å². The molecule has 5 heteroatoms. The lowest BCUT2D eigenvalue weighted by molar-refractivity contribution is 0.0526. The molecule has 0 unspecified atom stereocenters. The van der Waals surface area contributed by atoms with Crippen LogP contribution in [0.15, 0.2) is 28.3 Å². The van der Waals surface area contributed by atoms with Crippen molar-refractivity contribution in [1.29, 1.82) is 0 Å². The maximum absolute atomic E-state index is 11.5. The van der Waals surface area contributed by atoms with E-state index in [1.54, 1.807) is 6.92 Å². The van der Waals surface area contributed by atoms with E-state index >= 15 is 0 Å². The molecule has 0 saturated heterocycles. The van der Waals surface area contributed by atoms with Crippen molar-refractivity contribution < 1.29 is 14.1 Å². The summed E-state index contributed by atoms with van der Waals surface area (Å²) in [6, 6.07) is 3.77. The summed E-state index contributed by atoms with van der Waals surface area (Å²) in [4.78, 5) is 12.4. The van der Waals surface area contributed by atoms with Crippen LogP contribution in [0.25, 0.3) is 10.6 Å². The zero-order valence-corrected chi connectivity index (χ0v) is 8.91. The van der Waals surface area contributed by atoms with Gasteiger partial charge in [0.15, 0.2) is 0 Å². The second-order valence-corrected chi connectivity index (χ2v) is 3.72. The molecule has 0 aliphatic rings. The Kier molecular flexibility index (Phi) is 2.82. The standard InChI is InChI=1S/C10H9NO3S/c1-2-13-10(12)7-6-14-11-9(7)8-4-3-5-15-8/h3-6H,2H2,1H3. The highest BCUT2D eigenvalue weighted by molar-refractivity contribution is 7.13. The molecule has 0 fully saturated rings. The molecule has 0 amide bonds. The van der Waals surface area contributed by atoms with E-state index in [0.717, 1.165) is 4.88 Å². The number of aromatic nitrogens is 1. The molecule has 0 saturated carbocycles. The number of rotatable bonds is 3. The van der Waals surface area contributed by atoms with E-state index in [4.69, 9.17) is 9.26 Å². The van der Waals surface area contributed by atoms with Crippen LogP contribution in [0.4, 0.5) is 0 Å². The van der Waals surface area contributed by atoms with E-state index in [9.17, 15) is 4.79 Å². The van der Waals surface area contributed by atoms with E-state index in [-0.39, 0.29) is 0 Å². The fourth-order valence-corrected chi connectivity index (χ4v) is 1.90. The summed E-state index contributed by atoms with van der Waals surface area (Å²) >= 11 is 1.50. The van der Waals surface area contributed by atoms with Crippen molar-refractivity contribution in [3.05, 3.63) is 29.3 Å². The highest BCUT2D eigenvalue weighted by Gasteiger charge is 2.18. The second kappa shape index (κ2) is 4.27. The van der Waals surface area contributed by atoms with E-state index in [1.165, 1.54) is 17.6 Å². The van der Waals surface area contributed by atoms with Crippen LogP contribution in [0.5, 0.6) is 0 Å². The van der Waals surface area contributed by atoms with Gasteiger partial charge in [-0.05, 0) is 18.4 Å². The lowest BCUT2D eigenvalue weighted by Crippen LogP contribution is -2.04. The monoisotopic (exact) mass is 223 g/mol. The van der Waals surface area contributed by atoms with Gasteiger partial charge in [-0.3, -0.25) is 0 Å². The molecule has 15 heavy (non-hydrogen) atoms. The number of ether oxygens (including phenoxy) is 1. The largest absolute Gasteiger partial charge is 0.462 e. The second-order valence-electron chi connectivity index (χ2n) is 2.77. The van der Waals surface area contributed by atoms with Crippen LogP contribution in [-0.4, -0.2) is 17.7 Å². The molecule has 0 aromatic carbocycles. The molecular weight excluding hydrogens is 214 g/mol. The molecule has 78 valence electrons. The Morgan fingerprint density at radius 2 is 2.53 bits per heavy atom. The molecular formula is C10H9NO3S. The Labute approximate surface area is 90.5 Å². The van der Waals surface area contributed by atoms with Crippen molar-refractivity contribution in [3.63, 3.8) is 0 Å². The third kappa shape index (κ3) is 1.92. The van der Waals surface area contributed by atoms with Crippen molar-refractivity contribution >= 4 is 17.3 Å². The zero-order valence-electron chi connectivity index (χ0n) is 8.10. The van der Waals surface area contributed by atoms with Gasteiger partial charge in [-0.2, -0.15) is 0 Å². The third-order valence-electron chi connectivity index (χ3n) is 1.82. The van der Waals surface area contributed by atoms with E-state index < -0.39 is 5.97 Å². The first-order chi connectivity index (χ1) is 7.33. The average molecular weight is 223 g/mol. The Bertz CT molecular complexity index is 447. The summed E-state index contributed by atoms with van der Waals surface area (Å²) in [6.45, 7) is 2.10. The summed E-state index contributed by atoms with van der Waals surface area (Å²) < 4.78 is 9.68. The van der Waals surface area contributed by atoms with Crippen molar-refractivity contribution in [1.82, 2.24) is 5.16 Å². The predicted octanol–water partition coefficient (Wildman–Crippen LogP) is 2.58. The molecule has 0 atom stereocenters. The summed E-state index contributed by atoms with van der Waals surface area (Å²) in [6.07, 6.45) is 1.31. The van der Waals surface area contributed by atoms with Gasteiger partial charge >= 0.3 is 5.97 Å². The minimum absolute atomic E-state index is 0.341. The van der Waals surface area contributed by atoms with Crippen LogP contribution in [0.3, 0.4) is 0 Å². The fourth-order valence-electron chi connectivity index (χ4n) is 1.18. The van der Waals surface area contributed by atoms with Crippen LogP contribution >= 0.6 is 11.3 Å². The van der Waals surface area contributed by atoms with Crippen LogP contribution in [0.2, 0.25) is 0 Å². The number of carbonyl (C=O) groups is 1. The number of esters is 1. The molecule has 2 rings (SSSR count). The van der Waals surface area contributed by atoms with Gasteiger partial charge in [0, 0.05) is 0 Å². The lowest BCUT2D eigenvalue weighted by atomic mass is 10.2. The molecule has 0 aliphatic carbocycles. The molecule has 0 bridgehead atoms. The third-order valence-corrected chi connectivity index (χ3v) is 2.70. The summed E-state index contributed by atoms with van der Waals surface area (Å²) in [5.74, 6) is -0.401. The highest BCUT2D eigenvalue weighted by atomic mass is 32.1. The first kappa shape index (κ1) is 9.92. The summed E-state index contributed by atoms with van der Waals surface area (Å²) in [5, 5.41) is 5.71. The minimum atomic E-state index is -0.401. The molecule has 0 aliphatic heterocycles. The Balaban J connectivity index is 2.34. The fraction of sp³-hybridized carbons (Fsp3) is 0.200. The average Bonchev–Trinajstić information content (AvgIpc) is 2.88. The molecule has 0 spiro atoms. The topological polar surface area (TPSA) is 52.3 Å². The molecule has 2 aromatic rings. The number of hydrogen-bond acceptors (Lipinski definition) is 5. The Hall–Kier alpha value is -1.62. The molecule has 0 radical (unpaired) electrons. The van der Waals surface area contributed by atoms with Gasteiger partial charge in [0.25, 0.3) is 0 Å². The van der Waals surface area contributed by atoms with E-state index in [0.29, 0.717) is 17.9 Å². The maximum Gasteiger partial charge on any atom is 0.343 e. The maximum atomic E-state index is 11.5. The van der Waals surface area contributed by atoms with Crippen molar-refractivity contribution in [3.8, 4) is 10.6 Å². The van der Waals surface area contributed by atoms with Gasteiger partial charge in [-0.25, -0.2) is 4.79 Å². The lowest BCUT2D eigenvalue weighted by Gasteiger charge is -1.98. The first-order valence-corrected chi connectivity index (χ1v) is 5.36. The normalized spacial score (nSPS) is 10.2. The van der Waals surface area contributed by atoms with Crippen LogP contribution < -0.4 is 0 Å². The quantitative estimate of drug-likeness (QED) is 0.750. The van der Waals surface area contributed by atoms with Gasteiger partial charge in [-0.15, -0.1) is 11.3 Å². The Morgan fingerprint density at radius 1 is 1.67 bits per heavy atom. The van der Waals surface area contributed by atoms with Crippen LogP contribution in [0, 0.1) is 0 Å². The molecule has 2 aromatic heterocycles. The molecule has 0 N–H and O–H groups in total.